The highest BCUT2D eigenvalue weighted by atomic mass is 32.1. The summed E-state index contributed by atoms with van der Waals surface area (Å²) in [5.74, 6) is 0.174. The minimum absolute atomic E-state index is 0.0975. The van der Waals surface area contributed by atoms with E-state index in [0.29, 0.717) is 21.9 Å². The van der Waals surface area contributed by atoms with Gasteiger partial charge >= 0.3 is 0 Å². The summed E-state index contributed by atoms with van der Waals surface area (Å²) in [4.78, 5) is 16.4. The van der Waals surface area contributed by atoms with Gasteiger partial charge in [-0.15, -0.1) is 11.3 Å². The first kappa shape index (κ1) is 16.5. The quantitative estimate of drug-likeness (QED) is 0.684. The van der Waals surface area contributed by atoms with Crippen molar-refractivity contribution < 1.29 is 9.18 Å². The van der Waals surface area contributed by atoms with Gasteiger partial charge < -0.3 is 9.88 Å². The summed E-state index contributed by atoms with van der Waals surface area (Å²) in [7, 11) is 1.83. The zero-order valence-electron chi connectivity index (χ0n) is 12.7. The second kappa shape index (κ2) is 7.02. The monoisotopic (exact) mass is 363 g/mol. The van der Waals surface area contributed by atoms with Crippen LogP contribution in [0.5, 0.6) is 0 Å². The molecule has 1 aromatic carbocycles. The minimum atomic E-state index is -0.357. The number of halogens is 1. The molecule has 2 aromatic heterocycles. The van der Waals surface area contributed by atoms with E-state index < -0.39 is 0 Å². The second-order valence-corrected chi connectivity index (χ2v) is 6.42. The number of aromatic nitrogens is 4. The molecule has 9 heteroatoms. The number of carbonyl (C=O) groups is 1. The number of benzene rings is 1. The zero-order chi connectivity index (χ0) is 17.1. The van der Waals surface area contributed by atoms with Crippen LogP contribution < -0.4 is 5.32 Å². The summed E-state index contributed by atoms with van der Waals surface area (Å²) < 4.78 is 15.4. The Morgan fingerprint density at radius 1 is 1.50 bits per heavy atom. The Morgan fingerprint density at radius 3 is 3.04 bits per heavy atom. The summed E-state index contributed by atoms with van der Waals surface area (Å²) >= 11 is 6.40. The van der Waals surface area contributed by atoms with Crippen molar-refractivity contribution in [2.45, 2.75) is 12.8 Å². The van der Waals surface area contributed by atoms with Gasteiger partial charge in [0.15, 0.2) is 9.90 Å². The lowest BCUT2D eigenvalue weighted by molar-refractivity contribution is -0.115. The maximum absolute atomic E-state index is 13.1. The van der Waals surface area contributed by atoms with Crippen LogP contribution in [-0.2, 0) is 24.7 Å². The average molecular weight is 363 g/mol. The van der Waals surface area contributed by atoms with E-state index in [4.69, 9.17) is 12.2 Å². The highest BCUT2D eigenvalue weighted by Gasteiger charge is 2.10. The molecule has 0 saturated heterocycles. The smallest absolute Gasteiger partial charge is 0.230 e. The average Bonchev–Trinajstić information content (AvgIpc) is 3.09. The van der Waals surface area contributed by atoms with Crippen molar-refractivity contribution in [2.75, 3.05) is 5.32 Å². The molecule has 0 spiro atoms. The Bertz CT molecular complexity index is 930. The second-order valence-electron chi connectivity index (χ2n) is 5.18. The number of aromatic amines is 1. The van der Waals surface area contributed by atoms with E-state index in [9.17, 15) is 9.18 Å². The Morgan fingerprint density at radius 2 is 2.33 bits per heavy atom. The summed E-state index contributed by atoms with van der Waals surface area (Å²) in [5.41, 5.74) is 1.41. The maximum atomic E-state index is 13.1. The molecule has 2 N–H and O–H groups in total. The molecule has 124 valence electrons. The van der Waals surface area contributed by atoms with Gasteiger partial charge in [0.2, 0.25) is 5.91 Å². The standard InChI is InChI=1S/C15H14FN5OS2/c1-21-12(19-20-15(21)23)7-11-8-24-14(17-11)18-13(22)6-9-3-2-4-10(16)5-9/h2-5,8H,6-7H2,1H3,(H,20,23)(H,17,18,22). The third-order valence-electron chi connectivity index (χ3n) is 3.36. The van der Waals surface area contributed by atoms with Gasteiger partial charge in [0.05, 0.1) is 18.5 Å². The Balaban J connectivity index is 1.62. The number of thiazole rings is 1. The normalized spacial score (nSPS) is 10.8. The summed E-state index contributed by atoms with van der Waals surface area (Å²) in [6, 6.07) is 5.98. The molecular formula is C15H14FN5OS2. The van der Waals surface area contributed by atoms with Crippen molar-refractivity contribution in [3.05, 3.63) is 57.3 Å². The van der Waals surface area contributed by atoms with Crippen molar-refractivity contribution in [2.24, 2.45) is 7.05 Å². The van der Waals surface area contributed by atoms with Crippen LogP contribution in [-0.4, -0.2) is 25.7 Å². The highest BCUT2D eigenvalue weighted by molar-refractivity contribution is 7.71. The third kappa shape index (κ3) is 3.92. The molecule has 0 bridgehead atoms. The first-order valence-corrected chi connectivity index (χ1v) is 8.39. The fourth-order valence-electron chi connectivity index (χ4n) is 2.14. The fraction of sp³-hybridized carbons (Fsp3) is 0.200. The number of hydrogen-bond acceptors (Lipinski definition) is 5. The maximum Gasteiger partial charge on any atom is 0.230 e. The van der Waals surface area contributed by atoms with E-state index in [2.05, 4.69) is 20.5 Å². The molecule has 1 amide bonds. The molecule has 3 rings (SSSR count). The number of nitrogens with zero attached hydrogens (tertiary/aromatic N) is 3. The molecule has 2 heterocycles. The van der Waals surface area contributed by atoms with Crippen molar-refractivity contribution in [3.63, 3.8) is 0 Å². The van der Waals surface area contributed by atoms with Crippen LogP contribution in [0.15, 0.2) is 29.6 Å². The van der Waals surface area contributed by atoms with Crippen molar-refractivity contribution in [1.82, 2.24) is 19.7 Å². The number of carbonyl (C=O) groups excluding carboxylic acids is 1. The Kier molecular flexibility index (Phi) is 4.81. The molecule has 6 nitrogen and oxygen atoms in total. The minimum Gasteiger partial charge on any atom is -0.307 e. The molecule has 0 unspecified atom stereocenters. The van der Waals surface area contributed by atoms with Crippen molar-refractivity contribution >= 4 is 34.6 Å². The van der Waals surface area contributed by atoms with Crippen molar-refractivity contribution in [3.8, 4) is 0 Å². The van der Waals surface area contributed by atoms with Crippen LogP contribution in [0, 0.1) is 10.6 Å². The number of hydrogen-bond donors (Lipinski definition) is 2. The molecule has 0 radical (unpaired) electrons. The van der Waals surface area contributed by atoms with Crippen LogP contribution in [0.25, 0.3) is 0 Å². The van der Waals surface area contributed by atoms with E-state index in [1.165, 1.54) is 23.5 Å². The number of rotatable bonds is 5. The zero-order valence-corrected chi connectivity index (χ0v) is 14.4. The Hall–Kier alpha value is -2.39. The van der Waals surface area contributed by atoms with Crippen LogP contribution >= 0.6 is 23.6 Å². The van der Waals surface area contributed by atoms with E-state index in [1.54, 1.807) is 16.7 Å². The van der Waals surface area contributed by atoms with E-state index >= 15 is 0 Å². The van der Waals surface area contributed by atoms with Gasteiger partial charge in [0.1, 0.15) is 11.6 Å². The highest BCUT2D eigenvalue weighted by Crippen LogP contribution is 2.18. The van der Waals surface area contributed by atoms with Gasteiger partial charge in [-0.2, -0.15) is 5.10 Å². The van der Waals surface area contributed by atoms with E-state index in [0.717, 1.165) is 11.5 Å². The SMILES string of the molecule is Cn1c(Cc2csc(NC(=O)Cc3cccc(F)c3)n2)n[nH]c1=S. The van der Waals surface area contributed by atoms with Crippen molar-refractivity contribution in [1.29, 1.82) is 0 Å². The molecule has 0 saturated carbocycles. The lowest BCUT2D eigenvalue weighted by Crippen LogP contribution is -2.14. The molecule has 0 atom stereocenters. The molecular weight excluding hydrogens is 349 g/mol. The van der Waals surface area contributed by atoms with Gasteiger partial charge in [-0.25, -0.2) is 9.37 Å². The summed E-state index contributed by atoms with van der Waals surface area (Å²) in [6.07, 6.45) is 0.611. The number of nitrogens with one attached hydrogen (secondary N) is 2. The van der Waals surface area contributed by atoms with Crippen LogP contribution in [0.1, 0.15) is 17.1 Å². The largest absolute Gasteiger partial charge is 0.307 e. The van der Waals surface area contributed by atoms with Crippen LogP contribution in [0.3, 0.4) is 0 Å². The van der Waals surface area contributed by atoms with Gasteiger partial charge in [-0.3, -0.25) is 9.89 Å². The van der Waals surface area contributed by atoms with Gasteiger partial charge in [0, 0.05) is 12.4 Å². The predicted octanol–water partition coefficient (Wildman–Crippen LogP) is 2.85. The van der Waals surface area contributed by atoms with Gasteiger partial charge in [-0.05, 0) is 29.9 Å². The van der Waals surface area contributed by atoms with Gasteiger partial charge in [-0.1, -0.05) is 12.1 Å². The Labute approximate surface area is 146 Å². The summed E-state index contributed by atoms with van der Waals surface area (Å²) in [5, 5.41) is 11.9. The fourth-order valence-corrected chi connectivity index (χ4v) is 3.02. The van der Waals surface area contributed by atoms with E-state index in [1.807, 2.05) is 12.4 Å². The summed E-state index contributed by atoms with van der Waals surface area (Å²) in [6.45, 7) is 0. The number of H-pyrrole nitrogens is 1. The van der Waals surface area contributed by atoms with Gasteiger partial charge in [0.25, 0.3) is 0 Å². The lowest BCUT2D eigenvalue weighted by Gasteiger charge is -2.02. The third-order valence-corrected chi connectivity index (χ3v) is 4.54. The first-order chi connectivity index (χ1) is 11.5. The number of amides is 1. The molecule has 24 heavy (non-hydrogen) atoms. The molecule has 0 fully saturated rings. The molecule has 0 aliphatic heterocycles. The predicted molar refractivity (Wildman–Crippen MR) is 92.0 cm³/mol. The first-order valence-electron chi connectivity index (χ1n) is 7.10. The molecule has 3 aromatic rings. The topological polar surface area (TPSA) is 75.6 Å². The molecule has 0 aliphatic rings. The molecule has 0 aliphatic carbocycles. The van der Waals surface area contributed by atoms with Crippen LogP contribution in [0.4, 0.5) is 9.52 Å². The lowest BCUT2D eigenvalue weighted by atomic mass is 10.1. The number of anilines is 1. The van der Waals surface area contributed by atoms with Crippen LogP contribution in [0.2, 0.25) is 0 Å². The van der Waals surface area contributed by atoms with E-state index in [-0.39, 0.29) is 18.1 Å².